The zero-order chi connectivity index (χ0) is 22.9. The molecule has 2 amide bonds. The lowest BCUT2D eigenvalue weighted by Gasteiger charge is -2.37. The Labute approximate surface area is 202 Å². The molecule has 0 bridgehead atoms. The fourth-order valence-electron chi connectivity index (χ4n) is 4.73. The molecule has 33 heavy (non-hydrogen) atoms. The number of thiazole rings is 1. The van der Waals surface area contributed by atoms with Crippen LogP contribution in [-0.4, -0.2) is 65.4 Å². The van der Waals surface area contributed by atoms with Crippen LogP contribution in [0.15, 0.2) is 54.0 Å². The van der Waals surface area contributed by atoms with E-state index in [1.807, 2.05) is 52.4 Å². The molecule has 0 saturated carbocycles. The average molecular weight is 481 g/mol. The monoisotopic (exact) mass is 480 g/mol. The van der Waals surface area contributed by atoms with Crippen molar-refractivity contribution in [3.8, 4) is 11.1 Å². The first-order valence-electron chi connectivity index (χ1n) is 11.1. The summed E-state index contributed by atoms with van der Waals surface area (Å²) in [5.41, 5.74) is 4.22. The van der Waals surface area contributed by atoms with E-state index in [2.05, 4.69) is 22.0 Å². The zero-order valence-corrected chi connectivity index (χ0v) is 20.0. The van der Waals surface area contributed by atoms with E-state index in [1.54, 1.807) is 6.20 Å². The van der Waals surface area contributed by atoms with Crippen molar-refractivity contribution in [1.82, 2.24) is 14.8 Å². The molecule has 0 spiro atoms. The number of carbonyl (C=O) groups is 2. The van der Waals surface area contributed by atoms with E-state index >= 15 is 0 Å². The van der Waals surface area contributed by atoms with Crippen LogP contribution in [0.4, 0.5) is 5.69 Å². The van der Waals surface area contributed by atoms with Crippen molar-refractivity contribution in [3.05, 3.63) is 69.6 Å². The summed E-state index contributed by atoms with van der Waals surface area (Å²) in [7, 11) is 0. The molecule has 1 atom stereocenters. The summed E-state index contributed by atoms with van der Waals surface area (Å²) < 4.78 is 0. The van der Waals surface area contributed by atoms with E-state index in [1.165, 1.54) is 11.3 Å². The number of hydrogen-bond donors (Lipinski definition) is 0. The molecule has 5 rings (SSSR count). The van der Waals surface area contributed by atoms with Gasteiger partial charge in [0.05, 0.1) is 0 Å². The second kappa shape index (κ2) is 9.25. The minimum absolute atomic E-state index is 0.00285. The summed E-state index contributed by atoms with van der Waals surface area (Å²) in [5.74, 6) is 0.148. The van der Waals surface area contributed by atoms with Gasteiger partial charge in [0.2, 0.25) is 5.91 Å². The minimum Gasteiger partial charge on any atom is -0.334 e. The second-order valence-electron chi connectivity index (χ2n) is 8.54. The SMILES string of the molecule is Cc1cc(Cl)ccc1-c1cccc(N2CC(N3CCN(C(=O)c4nccs4)CC3)CC2=O)c1. The number of nitrogens with zero attached hydrogens (tertiary/aromatic N) is 4. The minimum atomic E-state index is 0.00285. The molecular formula is C25H25ClN4O2S. The van der Waals surface area contributed by atoms with Gasteiger partial charge in [-0.05, 0) is 47.9 Å². The Kier molecular flexibility index (Phi) is 6.19. The number of halogens is 1. The van der Waals surface area contributed by atoms with Gasteiger partial charge in [-0.25, -0.2) is 4.98 Å². The molecule has 0 radical (unpaired) electrons. The van der Waals surface area contributed by atoms with E-state index in [0.29, 0.717) is 31.1 Å². The highest BCUT2D eigenvalue weighted by molar-refractivity contribution is 7.11. The molecule has 2 saturated heterocycles. The van der Waals surface area contributed by atoms with Crippen LogP contribution in [0.1, 0.15) is 21.8 Å². The summed E-state index contributed by atoms with van der Waals surface area (Å²) in [4.78, 5) is 35.7. The first kappa shape index (κ1) is 22.1. The second-order valence-corrected chi connectivity index (χ2v) is 9.87. The summed E-state index contributed by atoms with van der Waals surface area (Å²) in [5, 5.41) is 3.09. The predicted octanol–water partition coefficient (Wildman–Crippen LogP) is 4.34. The van der Waals surface area contributed by atoms with Gasteiger partial charge in [0, 0.05) is 67.5 Å². The Morgan fingerprint density at radius 2 is 1.94 bits per heavy atom. The van der Waals surface area contributed by atoms with Crippen LogP contribution in [0.5, 0.6) is 0 Å². The Hall–Kier alpha value is -2.74. The first-order chi connectivity index (χ1) is 16.0. The molecule has 2 fully saturated rings. The van der Waals surface area contributed by atoms with Gasteiger partial charge in [-0.15, -0.1) is 11.3 Å². The number of hydrogen-bond acceptors (Lipinski definition) is 5. The van der Waals surface area contributed by atoms with Crippen LogP contribution in [0.25, 0.3) is 11.1 Å². The number of carbonyl (C=O) groups excluding carboxylic acids is 2. The lowest BCUT2D eigenvalue weighted by molar-refractivity contribution is -0.117. The zero-order valence-electron chi connectivity index (χ0n) is 18.4. The molecule has 2 aliphatic rings. The third kappa shape index (κ3) is 4.53. The van der Waals surface area contributed by atoms with Crippen LogP contribution in [0.3, 0.4) is 0 Å². The molecule has 2 aromatic carbocycles. The highest BCUT2D eigenvalue weighted by Crippen LogP contribution is 2.31. The number of aromatic nitrogens is 1. The standard InChI is InChI=1S/C25H25ClN4O2S/c1-17-13-19(26)5-6-22(17)18-3-2-4-20(14-18)30-16-21(15-23(30)31)28-8-10-29(11-9-28)25(32)24-27-7-12-33-24/h2-7,12-14,21H,8-11,15-16H2,1H3. The lowest BCUT2D eigenvalue weighted by Crippen LogP contribution is -2.52. The molecule has 3 heterocycles. The molecule has 3 aromatic rings. The van der Waals surface area contributed by atoms with Crippen molar-refractivity contribution in [3.63, 3.8) is 0 Å². The smallest absolute Gasteiger partial charge is 0.282 e. The van der Waals surface area contributed by atoms with Crippen molar-refractivity contribution in [2.75, 3.05) is 37.6 Å². The quantitative estimate of drug-likeness (QED) is 0.557. The van der Waals surface area contributed by atoms with Crippen molar-refractivity contribution in [2.45, 2.75) is 19.4 Å². The molecule has 1 unspecified atom stereocenters. The largest absolute Gasteiger partial charge is 0.334 e. The van der Waals surface area contributed by atoms with Crippen molar-refractivity contribution >= 4 is 40.4 Å². The molecular weight excluding hydrogens is 456 g/mol. The van der Waals surface area contributed by atoms with E-state index in [0.717, 1.165) is 40.5 Å². The number of piperazine rings is 1. The molecule has 1 aromatic heterocycles. The number of amides is 2. The molecule has 0 N–H and O–H groups in total. The third-order valence-electron chi connectivity index (χ3n) is 6.50. The normalized spacial score (nSPS) is 19.3. The van der Waals surface area contributed by atoms with Gasteiger partial charge in [0.25, 0.3) is 5.91 Å². The maximum absolute atomic E-state index is 12.9. The Balaban J connectivity index is 1.25. The van der Waals surface area contributed by atoms with Crippen LogP contribution < -0.4 is 4.90 Å². The first-order valence-corrected chi connectivity index (χ1v) is 12.3. The maximum atomic E-state index is 12.9. The fraction of sp³-hybridized carbons (Fsp3) is 0.320. The van der Waals surface area contributed by atoms with Gasteiger partial charge < -0.3 is 9.80 Å². The topological polar surface area (TPSA) is 56.8 Å². The molecule has 170 valence electrons. The van der Waals surface area contributed by atoms with Gasteiger partial charge in [0.15, 0.2) is 5.01 Å². The lowest BCUT2D eigenvalue weighted by atomic mass is 10.00. The van der Waals surface area contributed by atoms with Gasteiger partial charge in [-0.1, -0.05) is 29.8 Å². The molecule has 8 heteroatoms. The number of benzene rings is 2. The number of rotatable bonds is 4. The van der Waals surface area contributed by atoms with E-state index in [9.17, 15) is 9.59 Å². The predicted molar refractivity (Wildman–Crippen MR) is 132 cm³/mol. The summed E-state index contributed by atoms with van der Waals surface area (Å²) >= 11 is 7.49. The Morgan fingerprint density at radius 1 is 1.12 bits per heavy atom. The van der Waals surface area contributed by atoms with Crippen LogP contribution >= 0.6 is 22.9 Å². The van der Waals surface area contributed by atoms with E-state index in [-0.39, 0.29) is 17.9 Å². The van der Waals surface area contributed by atoms with Gasteiger partial charge >= 0.3 is 0 Å². The Bertz CT molecular complexity index is 1170. The highest BCUT2D eigenvalue weighted by atomic mass is 35.5. The maximum Gasteiger partial charge on any atom is 0.282 e. The number of aryl methyl sites for hydroxylation is 1. The van der Waals surface area contributed by atoms with Crippen molar-refractivity contribution < 1.29 is 9.59 Å². The molecule has 2 aliphatic heterocycles. The fourth-order valence-corrected chi connectivity index (χ4v) is 5.56. The average Bonchev–Trinajstić information content (AvgIpc) is 3.49. The highest BCUT2D eigenvalue weighted by Gasteiger charge is 2.36. The van der Waals surface area contributed by atoms with Crippen molar-refractivity contribution in [1.29, 1.82) is 0 Å². The molecule has 6 nitrogen and oxygen atoms in total. The van der Waals surface area contributed by atoms with Crippen molar-refractivity contribution in [2.24, 2.45) is 0 Å². The van der Waals surface area contributed by atoms with E-state index in [4.69, 9.17) is 11.6 Å². The number of anilines is 1. The van der Waals surface area contributed by atoms with Gasteiger partial charge in [-0.2, -0.15) is 0 Å². The van der Waals surface area contributed by atoms with E-state index < -0.39 is 0 Å². The third-order valence-corrected chi connectivity index (χ3v) is 7.49. The van der Waals surface area contributed by atoms with Crippen LogP contribution in [0.2, 0.25) is 5.02 Å². The van der Waals surface area contributed by atoms with Crippen LogP contribution in [-0.2, 0) is 4.79 Å². The summed E-state index contributed by atoms with van der Waals surface area (Å²) in [6, 6.07) is 14.2. The van der Waals surface area contributed by atoms with Gasteiger partial charge in [0.1, 0.15) is 0 Å². The summed E-state index contributed by atoms with van der Waals surface area (Å²) in [6.07, 6.45) is 2.17. The molecule has 0 aliphatic carbocycles. The van der Waals surface area contributed by atoms with Crippen LogP contribution in [0, 0.1) is 6.92 Å². The van der Waals surface area contributed by atoms with Gasteiger partial charge in [-0.3, -0.25) is 14.5 Å². The summed E-state index contributed by atoms with van der Waals surface area (Å²) in [6.45, 7) is 5.58. The Morgan fingerprint density at radius 3 is 2.67 bits per heavy atom.